The Morgan fingerprint density at radius 1 is 1.26 bits per heavy atom. The normalized spacial score (nSPS) is 17.1. The van der Waals surface area contributed by atoms with Crippen LogP contribution in [0.2, 0.25) is 10.0 Å². The highest BCUT2D eigenvalue weighted by Crippen LogP contribution is 2.29. The molecule has 2 amide bonds. The molecule has 0 radical (unpaired) electrons. The molecule has 2 rings (SSSR count). The minimum atomic E-state index is -0.616. The van der Waals surface area contributed by atoms with E-state index in [0.717, 1.165) is 25.7 Å². The molecule has 23 heavy (non-hydrogen) atoms. The van der Waals surface area contributed by atoms with Gasteiger partial charge in [-0.25, -0.2) is 4.79 Å². The Morgan fingerprint density at radius 2 is 1.96 bits per heavy atom. The molecule has 2 N–H and O–H groups in total. The molecule has 1 saturated heterocycles. The fourth-order valence-corrected chi connectivity index (χ4v) is 3.15. The third-order valence-corrected chi connectivity index (χ3v) is 5.14. The van der Waals surface area contributed by atoms with E-state index in [9.17, 15) is 9.90 Å². The van der Waals surface area contributed by atoms with Crippen molar-refractivity contribution in [2.45, 2.75) is 51.0 Å². The monoisotopic (exact) mass is 358 g/mol. The average Bonchev–Trinajstić information content (AvgIpc) is 2.52. The largest absolute Gasteiger partial charge is 0.390 e. The number of aliphatic hydroxyl groups is 1. The summed E-state index contributed by atoms with van der Waals surface area (Å²) < 4.78 is 0. The van der Waals surface area contributed by atoms with E-state index in [1.165, 1.54) is 0 Å². The topological polar surface area (TPSA) is 52.6 Å². The molecule has 1 aromatic carbocycles. The lowest BCUT2D eigenvalue weighted by Crippen LogP contribution is -2.48. The van der Waals surface area contributed by atoms with Crippen molar-refractivity contribution in [3.8, 4) is 0 Å². The number of hydrogen-bond donors (Lipinski definition) is 2. The van der Waals surface area contributed by atoms with Crippen molar-refractivity contribution >= 4 is 34.9 Å². The molecule has 1 fully saturated rings. The summed E-state index contributed by atoms with van der Waals surface area (Å²) in [7, 11) is 0. The SMILES string of the molecule is CCCCCC1(O)CCN(C(=O)Nc2ccc(Cl)c(Cl)c2)CC1. The Morgan fingerprint density at radius 3 is 2.57 bits per heavy atom. The van der Waals surface area contributed by atoms with Gasteiger partial charge in [-0.1, -0.05) is 49.4 Å². The van der Waals surface area contributed by atoms with Crippen LogP contribution in [0.15, 0.2) is 18.2 Å². The molecular weight excluding hydrogens is 335 g/mol. The second-order valence-corrected chi connectivity index (χ2v) is 7.04. The van der Waals surface area contributed by atoms with Gasteiger partial charge in [0.05, 0.1) is 15.6 Å². The number of nitrogens with one attached hydrogen (secondary N) is 1. The molecule has 0 aromatic heterocycles. The molecule has 1 aromatic rings. The quantitative estimate of drug-likeness (QED) is 0.732. The number of amides is 2. The summed E-state index contributed by atoms with van der Waals surface area (Å²) >= 11 is 11.8. The van der Waals surface area contributed by atoms with Crippen LogP contribution in [0.3, 0.4) is 0 Å². The predicted molar refractivity (Wildman–Crippen MR) is 95.4 cm³/mol. The van der Waals surface area contributed by atoms with E-state index >= 15 is 0 Å². The second kappa shape index (κ2) is 8.22. The number of carbonyl (C=O) groups is 1. The molecule has 0 unspecified atom stereocenters. The number of hydrogen-bond acceptors (Lipinski definition) is 2. The van der Waals surface area contributed by atoms with Gasteiger partial charge < -0.3 is 15.3 Å². The van der Waals surface area contributed by atoms with Crippen molar-refractivity contribution in [1.82, 2.24) is 4.90 Å². The smallest absolute Gasteiger partial charge is 0.321 e. The molecule has 4 nitrogen and oxygen atoms in total. The van der Waals surface area contributed by atoms with Crippen molar-refractivity contribution in [2.75, 3.05) is 18.4 Å². The van der Waals surface area contributed by atoms with Crippen LogP contribution < -0.4 is 5.32 Å². The van der Waals surface area contributed by atoms with Crippen molar-refractivity contribution in [2.24, 2.45) is 0 Å². The predicted octanol–water partition coefficient (Wildman–Crippen LogP) is 4.93. The van der Waals surface area contributed by atoms with Crippen molar-refractivity contribution in [3.63, 3.8) is 0 Å². The number of unbranched alkanes of at least 4 members (excludes halogenated alkanes) is 2. The molecule has 1 heterocycles. The number of rotatable bonds is 5. The van der Waals surface area contributed by atoms with E-state index < -0.39 is 5.60 Å². The Labute approximate surface area is 147 Å². The van der Waals surface area contributed by atoms with Gasteiger partial charge in [0.1, 0.15) is 0 Å². The maximum atomic E-state index is 12.3. The number of anilines is 1. The number of halogens is 2. The summed E-state index contributed by atoms with van der Waals surface area (Å²) in [6, 6.07) is 4.84. The lowest BCUT2D eigenvalue weighted by Gasteiger charge is -2.38. The van der Waals surface area contributed by atoms with Crippen LogP contribution in [-0.4, -0.2) is 34.7 Å². The van der Waals surface area contributed by atoms with Crippen LogP contribution in [0.1, 0.15) is 45.4 Å². The third-order valence-electron chi connectivity index (χ3n) is 4.40. The zero-order valence-electron chi connectivity index (χ0n) is 13.4. The Balaban J connectivity index is 1.84. The number of urea groups is 1. The van der Waals surface area contributed by atoms with E-state index in [0.29, 0.717) is 41.7 Å². The lowest BCUT2D eigenvalue weighted by molar-refractivity contribution is -0.0196. The zero-order chi connectivity index (χ0) is 16.9. The minimum Gasteiger partial charge on any atom is -0.390 e. The number of likely N-dealkylation sites (tertiary alicyclic amines) is 1. The van der Waals surface area contributed by atoms with E-state index in [1.54, 1.807) is 23.1 Å². The van der Waals surface area contributed by atoms with Crippen molar-refractivity contribution in [3.05, 3.63) is 28.2 Å². The Kier molecular flexibility index (Phi) is 6.57. The summed E-state index contributed by atoms with van der Waals surface area (Å²) in [6.07, 6.45) is 5.42. The molecule has 1 aliphatic heterocycles. The fraction of sp³-hybridized carbons (Fsp3) is 0.588. The Bertz CT molecular complexity index is 543. The molecular formula is C17H24Cl2N2O2. The summed E-state index contributed by atoms with van der Waals surface area (Å²) in [5.74, 6) is 0. The molecule has 1 aliphatic rings. The number of benzene rings is 1. The summed E-state index contributed by atoms with van der Waals surface area (Å²) in [6.45, 7) is 3.28. The van der Waals surface area contributed by atoms with Crippen LogP contribution in [0.25, 0.3) is 0 Å². The van der Waals surface area contributed by atoms with Crippen molar-refractivity contribution in [1.29, 1.82) is 0 Å². The highest BCUT2D eigenvalue weighted by atomic mass is 35.5. The van der Waals surface area contributed by atoms with E-state index in [1.807, 2.05) is 0 Å². The first-order valence-electron chi connectivity index (χ1n) is 8.17. The standard InChI is InChI=1S/C17H24Cl2N2O2/c1-2-3-4-7-17(23)8-10-21(11-9-17)16(22)20-13-5-6-14(18)15(19)12-13/h5-6,12,23H,2-4,7-11H2,1H3,(H,20,22). The molecule has 0 spiro atoms. The molecule has 6 heteroatoms. The molecule has 0 bridgehead atoms. The number of carbonyl (C=O) groups excluding carboxylic acids is 1. The molecule has 128 valence electrons. The third kappa shape index (κ3) is 5.27. The van der Waals surface area contributed by atoms with Gasteiger partial charge in [-0.3, -0.25) is 0 Å². The van der Waals surface area contributed by atoms with Crippen molar-refractivity contribution < 1.29 is 9.90 Å². The number of piperidine rings is 1. The van der Waals surface area contributed by atoms with Gasteiger partial charge in [-0.05, 0) is 37.5 Å². The number of nitrogens with zero attached hydrogens (tertiary/aromatic N) is 1. The van der Waals surface area contributed by atoms with Crippen LogP contribution in [0, 0.1) is 0 Å². The lowest BCUT2D eigenvalue weighted by atomic mass is 9.86. The van der Waals surface area contributed by atoms with Crippen LogP contribution >= 0.6 is 23.2 Å². The summed E-state index contributed by atoms with van der Waals surface area (Å²) in [5, 5.41) is 14.3. The maximum absolute atomic E-state index is 12.3. The summed E-state index contributed by atoms with van der Waals surface area (Å²) in [4.78, 5) is 14.0. The second-order valence-electron chi connectivity index (χ2n) is 6.23. The molecule has 0 saturated carbocycles. The van der Waals surface area contributed by atoms with Gasteiger partial charge in [0.25, 0.3) is 0 Å². The molecule has 0 aliphatic carbocycles. The Hall–Kier alpha value is -0.970. The van der Waals surface area contributed by atoms with E-state index in [2.05, 4.69) is 12.2 Å². The highest BCUT2D eigenvalue weighted by Gasteiger charge is 2.33. The first-order chi connectivity index (χ1) is 10.9. The van der Waals surface area contributed by atoms with Gasteiger partial charge in [0.15, 0.2) is 0 Å². The van der Waals surface area contributed by atoms with E-state index in [-0.39, 0.29) is 6.03 Å². The average molecular weight is 359 g/mol. The highest BCUT2D eigenvalue weighted by molar-refractivity contribution is 6.42. The van der Waals surface area contributed by atoms with Gasteiger partial charge in [0.2, 0.25) is 0 Å². The van der Waals surface area contributed by atoms with Gasteiger partial charge >= 0.3 is 6.03 Å². The maximum Gasteiger partial charge on any atom is 0.321 e. The first kappa shape index (κ1) is 18.4. The van der Waals surface area contributed by atoms with Gasteiger partial charge in [0, 0.05) is 18.8 Å². The van der Waals surface area contributed by atoms with E-state index in [4.69, 9.17) is 23.2 Å². The zero-order valence-corrected chi connectivity index (χ0v) is 15.0. The summed E-state index contributed by atoms with van der Waals surface area (Å²) in [5.41, 5.74) is 0.00314. The minimum absolute atomic E-state index is 0.168. The van der Waals surface area contributed by atoms with Gasteiger partial charge in [-0.2, -0.15) is 0 Å². The molecule has 0 atom stereocenters. The first-order valence-corrected chi connectivity index (χ1v) is 8.92. The van der Waals surface area contributed by atoms with Crippen LogP contribution in [-0.2, 0) is 0 Å². The van der Waals surface area contributed by atoms with Crippen LogP contribution in [0.4, 0.5) is 10.5 Å². The van der Waals surface area contributed by atoms with Crippen LogP contribution in [0.5, 0.6) is 0 Å². The van der Waals surface area contributed by atoms with Gasteiger partial charge in [-0.15, -0.1) is 0 Å². The fourth-order valence-electron chi connectivity index (χ4n) is 2.86.